The van der Waals surface area contributed by atoms with Crippen molar-refractivity contribution in [3.05, 3.63) is 29.8 Å². The number of nitrogen functional groups attached to an aromatic ring is 1. The summed E-state index contributed by atoms with van der Waals surface area (Å²) in [5, 5.41) is 0. The van der Waals surface area contributed by atoms with Crippen molar-refractivity contribution in [1.82, 2.24) is 0 Å². The van der Waals surface area contributed by atoms with Crippen molar-refractivity contribution in [1.29, 1.82) is 0 Å². The van der Waals surface area contributed by atoms with Crippen LogP contribution < -0.4 is 5.73 Å². The highest BCUT2D eigenvalue weighted by atomic mass is 16.5. The van der Waals surface area contributed by atoms with Crippen molar-refractivity contribution >= 4 is 5.69 Å². The molecule has 3 nitrogen and oxygen atoms in total. The standard InChI is InChI=1S/C11H15NO2/c12-10-3-1-9(2-4-10)7-14-11-5-6-13-8-11/h1-4,11H,5-8,12H2. The summed E-state index contributed by atoms with van der Waals surface area (Å²) in [5.41, 5.74) is 7.53. The van der Waals surface area contributed by atoms with Crippen LogP contribution in [0.3, 0.4) is 0 Å². The predicted molar refractivity (Wildman–Crippen MR) is 54.9 cm³/mol. The highest BCUT2D eigenvalue weighted by Gasteiger charge is 2.15. The lowest BCUT2D eigenvalue weighted by molar-refractivity contribution is 0.0317. The van der Waals surface area contributed by atoms with E-state index < -0.39 is 0 Å². The van der Waals surface area contributed by atoms with Crippen molar-refractivity contribution in [2.45, 2.75) is 19.1 Å². The van der Waals surface area contributed by atoms with Crippen molar-refractivity contribution in [2.24, 2.45) is 0 Å². The molecule has 1 aromatic carbocycles. The first-order valence-corrected chi connectivity index (χ1v) is 4.88. The summed E-state index contributed by atoms with van der Waals surface area (Å²) >= 11 is 0. The first kappa shape index (κ1) is 9.49. The van der Waals surface area contributed by atoms with Gasteiger partial charge in [0.25, 0.3) is 0 Å². The van der Waals surface area contributed by atoms with Crippen LogP contribution in [0, 0.1) is 0 Å². The van der Waals surface area contributed by atoms with E-state index in [0.717, 1.165) is 30.9 Å². The maximum absolute atomic E-state index is 5.66. The van der Waals surface area contributed by atoms with Gasteiger partial charge in [0.05, 0.1) is 19.3 Å². The van der Waals surface area contributed by atoms with E-state index in [1.807, 2.05) is 24.3 Å². The average molecular weight is 193 g/mol. The molecule has 0 aromatic heterocycles. The van der Waals surface area contributed by atoms with Crippen LogP contribution in [0.4, 0.5) is 5.69 Å². The minimum atomic E-state index is 0.271. The smallest absolute Gasteiger partial charge is 0.0834 e. The van der Waals surface area contributed by atoms with Crippen molar-refractivity contribution in [3.8, 4) is 0 Å². The Labute approximate surface area is 83.8 Å². The second-order valence-corrected chi connectivity index (χ2v) is 3.54. The summed E-state index contributed by atoms with van der Waals surface area (Å²) in [6, 6.07) is 7.77. The van der Waals surface area contributed by atoms with Gasteiger partial charge in [-0.15, -0.1) is 0 Å². The molecule has 14 heavy (non-hydrogen) atoms. The zero-order chi connectivity index (χ0) is 9.80. The third kappa shape index (κ3) is 2.47. The summed E-state index contributed by atoms with van der Waals surface area (Å²) in [6.07, 6.45) is 1.28. The van der Waals surface area contributed by atoms with Crippen LogP contribution in [0.25, 0.3) is 0 Å². The van der Waals surface area contributed by atoms with Crippen molar-refractivity contribution in [3.63, 3.8) is 0 Å². The van der Waals surface area contributed by atoms with E-state index in [1.165, 1.54) is 0 Å². The van der Waals surface area contributed by atoms with Crippen LogP contribution >= 0.6 is 0 Å². The van der Waals surface area contributed by atoms with Crippen LogP contribution in [0.2, 0.25) is 0 Å². The molecule has 1 fully saturated rings. The molecule has 0 radical (unpaired) electrons. The van der Waals surface area contributed by atoms with Gasteiger partial charge < -0.3 is 15.2 Å². The van der Waals surface area contributed by atoms with Gasteiger partial charge in [-0.05, 0) is 24.1 Å². The Kier molecular flexibility index (Phi) is 3.01. The molecule has 1 saturated heterocycles. The Bertz CT molecular complexity index is 278. The van der Waals surface area contributed by atoms with Gasteiger partial charge in [-0.3, -0.25) is 0 Å². The highest BCUT2D eigenvalue weighted by Crippen LogP contribution is 2.12. The fraction of sp³-hybridized carbons (Fsp3) is 0.455. The molecule has 3 heteroatoms. The van der Waals surface area contributed by atoms with Gasteiger partial charge in [0.1, 0.15) is 0 Å². The number of rotatable bonds is 3. The van der Waals surface area contributed by atoms with Crippen LogP contribution in [-0.2, 0) is 16.1 Å². The molecule has 76 valence electrons. The second kappa shape index (κ2) is 4.44. The van der Waals surface area contributed by atoms with Gasteiger partial charge in [-0.1, -0.05) is 12.1 Å². The average Bonchev–Trinajstić information content (AvgIpc) is 2.70. The summed E-state index contributed by atoms with van der Waals surface area (Å²) < 4.78 is 10.9. The lowest BCUT2D eigenvalue weighted by Crippen LogP contribution is -2.11. The molecule has 1 heterocycles. The Morgan fingerprint density at radius 3 is 2.79 bits per heavy atom. The minimum absolute atomic E-state index is 0.271. The molecule has 1 atom stereocenters. The van der Waals surface area contributed by atoms with E-state index in [2.05, 4.69) is 0 Å². The fourth-order valence-corrected chi connectivity index (χ4v) is 1.47. The lowest BCUT2D eigenvalue weighted by atomic mass is 10.2. The van der Waals surface area contributed by atoms with Crippen LogP contribution in [0.5, 0.6) is 0 Å². The van der Waals surface area contributed by atoms with Crippen LogP contribution in [0.1, 0.15) is 12.0 Å². The molecule has 0 bridgehead atoms. The first-order chi connectivity index (χ1) is 6.84. The van der Waals surface area contributed by atoms with Crippen molar-refractivity contribution in [2.75, 3.05) is 18.9 Å². The molecule has 1 aliphatic heterocycles. The number of hydrogen-bond acceptors (Lipinski definition) is 3. The molecule has 2 rings (SSSR count). The number of ether oxygens (including phenoxy) is 2. The predicted octanol–water partition coefficient (Wildman–Crippen LogP) is 1.57. The van der Waals surface area contributed by atoms with Gasteiger partial charge in [0.15, 0.2) is 0 Å². The number of anilines is 1. The lowest BCUT2D eigenvalue weighted by Gasteiger charge is -2.09. The normalized spacial score (nSPS) is 21.3. The maximum atomic E-state index is 5.66. The minimum Gasteiger partial charge on any atom is -0.399 e. The van der Waals surface area contributed by atoms with E-state index in [9.17, 15) is 0 Å². The Morgan fingerprint density at radius 2 is 2.14 bits per heavy atom. The molecular formula is C11H15NO2. The van der Waals surface area contributed by atoms with E-state index in [0.29, 0.717) is 6.61 Å². The van der Waals surface area contributed by atoms with Gasteiger partial charge in [0.2, 0.25) is 0 Å². The molecule has 1 aliphatic rings. The third-order valence-electron chi connectivity index (χ3n) is 2.35. The second-order valence-electron chi connectivity index (χ2n) is 3.54. The van der Waals surface area contributed by atoms with Gasteiger partial charge in [-0.25, -0.2) is 0 Å². The monoisotopic (exact) mass is 193 g/mol. The number of benzene rings is 1. The van der Waals surface area contributed by atoms with Gasteiger partial charge >= 0.3 is 0 Å². The molecule has 1 aromatic rings. The largest absolute Gasteiger partial charge is 0.399 e. The zero-order valence-corrected chi connectivity index (χ0v) is 8.11. The van der Waals surface area contributed by atoms with Crippen molar-refractivity contribution < 1.29 is 9.47 Å². The van der Waals surface area contributed by atoms with Crippen LogP contribution in [-0.4, -0.2) is 19.3 Å². The quantitative estimate of drug-likeness (QED) is 0.741. The molecular weight excluding hydrogens is 178 g/mol. The SMILES string of the molecule is Nc1ccc(COC2CCOC2)cc1. The zero-order valence-electron chi connectivity index (χ0n) is 8.11. The highest BCUT2D eigenvalue weighted by molar-refractivity contribution is 5.39. The molecule has 0 spiro atoms. The summed E-state index contributed by atoms with van der Waals surface area (Å²) in [5.74, 6) is 0. The maximum Gasteiger partial charge on any atom is 0.0834 e. The van der Waals surface area contributed by atoms with E-state index in [4.69, 9.17) is 15.2 Å². The Balaban J connectivity index is 1.82. The number of nitrogens with two attached hydrogens (primary N) is 1. The molecule has 2 N–H and O–H groups in total. The summed E-state index contributed by atoms with van der Waals surface area (Å²) in [4.78, 5) is 0. The van der Waals surface area contributed by atoms with E-state index in [-0.39, 0.29) is 6.10 Å². The molecule has 0 amide bonds. The first-order valence-electron chi connectivity index (χ1n) is 4.88. The van der Waals surface area contributed by atoms with Crippen LogP contribution in [0.15, 0.2) is 24.3 Å². The molecule has 1 unspecified atom stereocenters. The van der Waals surface area contributed by atoms with E-state index in [1.54, 1.807) is 0 Å². The Morgan fingerprint density at radius 1 is 1.36 bits per heavy atom. The van der Waals surface area contributed by atoms with Gasteiger partial charge in [0, 0.05) is 12.3 Å². The molecule has 0 saturated carbocycles. The van der Waals surface area contributed by atoms with E-state index >= 15 is 0 Å². The fourth-order valence-electron chi connectivity index (χ4n) is 1.47. The topological polar surface area (TPSA) is 44.5 Å². The number of hydrogen-bond donors (Lipinski definition) is 1. The molecule has 0 aliphatic carbocycles. The summed E-state index contributed by atoms with van der Waals surface area (Å²) in [6.45, 7) is 2.20. The van der Waals surface area contributed by atoms with Gasteiger partial charge in [-0.2, -0.15) is 0 Å². The summed E-state index contributed by atoms with van der Waals surface area (Å²) in [7, 11) is 0. The Hall–Kier alpha value is -1.06. The third-order valence-corrected chi connectivity index (χ3v) is 2.35.